The third-order valence-corrected chi connectivity index (χ3v) is 2.02. The van der Waals surface area contributed by atoms with Gasteiger partial charge in [0, 0.05) is 13.0 Å². The van der Waals surface area contributed by atoms with Crippen molar-refractivity contribution in [2.75, 3.05) is 0 Å². The smallest absolute Gasteiger partial charge is 0.140 e. The first-order valence-electron chi connectivity index (χ1n) is 5.16. The lowest BCUT2D eigenvalue weighted by Crippen LogP contribution is -2.10. The summed E-state index contributed by atoms with van der Waals surface area (Å²) in [6.07, 6.45) is 4.50. The molecule has 0 unspecified atom stereocenters. The maximum absolute atomic E-state index is 11.4. The highest BCUT2D eigenvalue weighted by Crippen LogP contribution is 2.01. The highest BCUT2D eigenvalue weighted by Gasteiger charge is 2.08. The van der Waals surface area contributed by atoms with Crippen molar-refractivity contribution in [1.82, 2.24) is 14.8 Å². The van der Waals surface area contributed by atoms with E-state index in [0.717, 1.165) is 25.2 Å². The first-order chi connectivity index (χ1) is 6.77. The number of Topliss-reactive ketones (excluding diaryl/α,β-unsaturated/α-hetero) is 1. The first-order valence-corrected chi connectivity index (χ1v) is 5.16. The van der Waals surface area contributed by atoms with E-state index in [2.05, 4.69) is 17.0 Å². The van der Waals surface area contributed by atoms with Gasteiger partial charge in [-0.3, -0.25) is 4.79 Å². The van der Waals surface area contributed by atoms with Crippen LogP contribution in [0.25, 0.3) is 0 Å². The van der Waals surface area contributed by atoms with Crippen LogP contribution in [0.5, 0.6) is 0 Å². The van der Waals surface area contributed by atoms with E-state index in [9.17, 15) is 4.79 Å². The van der Waals surface area contributed by atoms with Gasteiger partial charge in [0.15, 0.2) is 0 Å². The SMILES string of the molecule is CCCC(=O)Cc1ncnn1CCC. The van der Waals surface area contributed by atoms with Crippen molar-refractivity contribution in [3.63, 3.8) is 0 Å². The second kappa shape index (κ2) is 5.52. The molecule has 0 saturated heterocycles. The van der Waals surface area contributed by atoms with Crippen LogP contribution in [0.15, 0.2) is 6.33 Å². The molecule has 0 aliphatic heterocycles. The lowest BCUT2D eigenvalue weighted by atomic mass is 10.2. The Kier molecular flexibility index (Phi) is 4.29. The number of carbonyl (C=O) groups excluding carboxylic acids is 1. The van der Waals surface area contributed by atoms with Crippen LogP contribution < -0.4 is 0 Å². The summed E-state index contributed by atoms with van der Waals surface area (Å²) in [5, 5.41) is 4.07. The summed E-state index contributed by atoms with van der Waals surface area (Å²) in [5.74, 6) is 1.04. The Morgan fingerprint density at radius 2 is 2.21 bits per heavy atom. The third-order valence-electron chi connectivity index (χ3n) is 2.02. The number of aryl methyl sites for hydroxylation is 1. The molecule has 0 aliphatic carbocycles. The van der Waals surface area contributed by atoms with Gasteiger partial charge in [-0.05, 0) is 12.8 Å². The molecule has 1 aromatic rings. The Labute approximate surface area is 84.3 Å². The Morgan fingerprint density at radius 1 is 1.43 bits per heavy atom. The maximum atomic E-state index is 11.4. The average molecular weight is 195 g/mol. The van der Waals surface area contributed by atoms with Gasteiger partial charge in [0.05, 0.1) is 6.42 Å². The van der Waals surface area contributed by atoms with E-state index < -0.39 is 0 Å². The van der Waals surface area contributed by atoms with Crippen molar-refractivity contribution in [3.8, 4) is 0 Å². The third kappa shape index (κ3) is 2.94. The lowest BCUT2D eigenvalue weighted by molar-refractivity contribution is -0.118. The molecule has 0 saturated carbocycles. The molecule has 78 valence electrons. The molecule has 1 heterocycles. The standard InChI is InChI=1S/C10H17N3O/c1-3-5-9(14)7-10-11-8-12-13(10)6-4-2/h8H,3-7H2,1-2H3. The fourth-order valence-electron chi connectivity index (χ4n) is 1.37. The minimum absolute atomic E-state index is 0.248. The zero-order valence-electron chi connectivity index (χ0n) is 8.86. The van der Waals surface area contributed by atoms with E-state index in [1.54, 1.807) is 0 Å². The summed E-state index contributed by atoms with van der Waals surface area (Å²) in [6.45, 7) is 4.93. The van der Waals surface area contributed by atoms with Crippen LogP contribution in [-0.4, -0.2) is 20.5 Å². The van der Waals surface area contributed by atoms with Crippen molar-refractivity contribution >= 4 is 5.78 Å². The Morgan fingerprint density at radius 3 is 2.86 bits per heavy atom. The van der Waals surface area contributed by atoms with Crippen molar-refractivity contribution < 1.29 is 4.79 Å². The number of rotatable bonds is 6. The summed E-state index contributed by atoms with van der Waals surface area (Å²) in [5.41, 5.74) is 0. The highest BCUT2D eigenvalue weighted by molar-refractivity contribution is 5.79. The molecule has 0 amide bonds. The summed E-state index contributed by atoms with van der Waals surface area (Å²) >= 11 is 0. The molecular weight excluding hydrogens is 178 g/mol. The lowest BCUT2D eigenvalue weighted by Gasteiger charge is -2.02. The summed E-state index contributed by atoms with van der Waals surface area (Å²) in [7, 11) is 0. The second-order valence-electron chi connectivity index (χ2n) is 3.36. The molecule has 1 rings (SSSR count). The molecular formula is C10H17N3O. The van der Waals surface area contributed by atoms with Gasteiger partial charge in [0.2, 0.25) is 0 Å². The minimum Gasteiger partial charge on any atom is -0.299 e. The van der Waals surface area contributed by atoms with Crippen LogP contribution in [0.2, 0.25) is 0 Å². The van der Waals surface area contributed by atoms with Gasteiger partial charge in [0.25, 0.3) is 0 Å². The predicted octanol–water partition coefficient (Wildman–Crippen LogP) is 1.60. The van der Waals surface area contributed by atoms with Gasteiger partial charge < -0.3 is 0 Å². The van der Waals surface area contributed by atoms with Gasteiger partial charge >= 0.3 is 0 Å². The number of ketones is 1. The summed E-state index contributed by atoms with van der Waals surface area (Å²) < 4.78 is 1.81. The molecule has 0 radical (unpaired) electrons. The van der Waals surface area contributed by atoms with E-state index in [0.29, 0.717) is 12.8 Å². The molecule has 4 nitrogen and oxygen atoms in total. The monoisotopic (exact) mass is 195 g/mol. The van der Waals surface area contributed by atoms with Crippen LogP contribution in [0.1, 0.15) is 38.9 Å². The maximum Gasteiger partial charge on any atom is 0.140 e. The number of hydrogen-bond donors (Lipinski definition) is 0. The van der Waals surface area contributed by atoms with E-state index in [1.165, 1.54) is 6.33 Å². The van der Waals surface area contributed by atoms with Crippen LogP contribution in [0.4, 0.5) is 0 Å². The molecule has 0 N–H and O–H groups in total. The van der Waals surface area contributed by atoms with Gasteiger partial charge in [0.1, 0.15) is 17.9 Å². The van der Waals surface area contributed by atoms with E-state index in [4.69, 9.17) is 0 Å². The quantitative estimate of drug-likeness (QED) is 0.692. The predicted molar refractivity (Wildman–Crippen MR) is 53.9 cm³/mol. The Bertz CT molecular complexity index is 293. The molecule has 4 heteroatoms. The van der Waals surface area contributed by atoms with E-state index in [1.807, 2.05) is 11.6 Å². The Balaban J connectivity index is 2.56. The van der Waals surface area contributed by atoms with Crippen molar-refractivity contribution in [3.05, 3.63) is 12.2 Å². The molecule has 0 bridgehead atoms. The summed E-state index contributed by atoms with van der Waals surface area (Å²) in [6, 6.07) is 0. The van der Waals surface area contributed by atoms with Gasteiger partial charge in [-0.15, -0.1) is 0 Å². The van der Waals surface area contributed by atoms with E-state index >= 15 is 0 Å². The second-order valence-corrected chi connectivity index (χ2v) is 3.36. The fraction of sp³-hybridized carbons (Fsp3) is 0.700. The van der Waals surface area contributed by atoms with Crippen LogP contribution in [0, 0.1) is 0 Å². The van der Waals surface area contributed by atoms with Gasteiger partial charge in [-0.25, -0.2) is 9.67 Å². The fourth-order valence-corrected chi connectivity index (χ4v) is 1.37. The van der Waals surface area contributed by atoms with Crippen molar-refractivity contribution in [2.45, 2.75) is 46.1 Å². The van der Waals surface area contributed by atoms with Gasteiger partial charge in [-0.1, -0.05) is 13.8 Å². The van der Waals surface area contributed by atoms with Crippen molar-refractivity contribution in [2.24, 2.45) is 0 Å². The molecule has 14 heavy (non-hydrogen) atoms. The average Bonchev–Trinajstić information content (AvgIpc) is 2.54. The highest BCUT2D eigenvalue weighted by atomic mass is 16.1. The topological polar surface area (TPSA) is 47.8 Å². The number of carbonyl (C=O) groups is 1. The van der Waals surface area contributed by atoms with Gasteiger partial charge in [-0.2, -0.15) is 5.10 Å². The number of nitrogens with zero attached hydrogens (tertiary/aromatic N) is 3. The molecule has 0 aliphatic rings. The van der Waals surface area contributed by atoms with Crippen LogP contribution in [0.3, 0.4) is 0 Å². The Hall–Kier alpha value is -1.19. The number of hydrogen-bond acceptors (Lipinski definition) is 3. The zero-order valence-corrected chi connectivity index (χ0v) is 8.86. The zero-order chi connectivity index (χ0) is 10.4. The van der Waals surface area contributed by atoms with Crippen LogP contribution >= 0.6 is 0 Å². The first kappa shape index (κ1) is 10.9. The minimum atomic E-state index is 0.248. The summed E-state index contributed by atoms with van der Waals surface area (Å²) in [4.78, 5) is 15.5. The van der Waals surface area contributed by atoms with E-state index in [-0.39, 0.29) is 5.78 Å². The number of aromatic nitrogens is 3. The molecule has 0 atom stereocenters. The van der Waals surface area contributed by atoms with Crippen molar-refractivity contribution in [1.29, 1.82) is 0 Å². The molecule has 1 aromatic heterocycles. The molecule has 0 aromatic carbocycles. The largest absolute Gasteiger partial charge is 0.299 e. The van der Waals surface area contributed by atoms with Crippen LogP contribution in [-0.2, 0) is 17.8 Å². The molecule has 0 fully saturated rings. The molecule has 0 spiro atoms. The normalized spacial score (nSPS) is 10.4.